The van der Waals surface area contributed by atoms with Gasteiger partial charge in [0.1, 0.15) is 5.75 Å². The summed E-state index contributed by atoms with van der Waals surface area (Å²) in [5, 5.41) is -0.215. The molecule has 1 rings (SSSR count). The molecule has 0 N–H and O–H groups in total. The van der Waals surface area contributed by atoms with E-state index in [1.165, 1.54) is 24.8 Å². The van der Waals surface area contributed by atoms with Crippen molar-refractivity contribution in [1.82, 2.24) is 0 Å². The van der Waals surface area contributed by atoms with Crippen LogP contribution in [0.5, 0.6) is 5.75 Å². The van der Waals surface area contributed by atoms with Gasteiger partial charge in [0.05, 0.1) is 7.11 Å². The number of methoxy groups -OCH3 is 1. The molecule has 0 spiro atoms. The Bertz CT molecular complexity index is 410. The smallest absolute Gasteiger partial charge is 0.221 e. The highest BCUT2D eigenvalue weighted by molar-refractivity contribution is 6.63. The Hall–Kier alpha value is -1.28. The van der Waals surface area contributed by atoms with Crippen molar-refractivity contribution in [2.45, 2.75) is 44.9 Å². The average Bonchev–Trinajstić information content (AvgIpc) is 2.46. The Morgan fingerprint density at radius 1 is 1.10 bits per heavy atom. The van der Waals surface area contributed by atoms with Crippen LogP contribution in [0.4, 0.5) is 0 Å². The number of allylic oxidation sites excluding steroid dienone is 1. The topological polar surface area (TPSA) is 26.3 Å². The summed E-state index contributed by atoms with van der Waals surface area (Å²) in [6.45, 7) is 0. The van der Waals surface area contributed by atoms with Crippen LogP contribution in [0.1, 0.15) is 50.5 Å². The van der Waals surface area contributed by atoms with Crippen molar-refractivity contribution in [3.8, 4) is 5.75 Å². The number of halogens is 1. The van der Waals surface area contributed by atoms with Gasteiger partial charge >= 0.3 is 0 Å². The Labute approximate surface area is 126 Å². The van der Waals surface area contributed by atoms with E-state index >= 15 is 0 Å². The van der Waals surface area contributed by atoms with Crippen LogP contribution in [-0.2, 0) is 4.79 Å². The third kappa shape index (κ3) is 8.00. The minimum Gasteiger partial charge on any atom is -0.497 e. The minimum atomic E-state index is -0.215. The Kier molecular flexibility index (Phi) is 8.81. The summed E-state index contributed by atoms with van der Waals surface area (Å²) >= 11 is 5.28. The number of carbonyl (C=O) groups is 1. The van der Waals surface area contributed by atoms with Crippen LogP contribution < -0.4 is 4.74 Å². The van der Waals surface area contributed by atoms with Crippen molar-refractivity contribution in [3.05, 3.63) is 35.9 Å². The van der Waals surface area contributed by atoms with Gasteiger partial charge in [-0.15, -0.1) is 0 Å². The van der Waals surface area contributed by atoms with E-state index in [0.29, 0.717) is 6.42 Å². The van der Waals surface area contributed by atoms with Gasteiger partial charge in [0.25, 0.3) is 0 Å². The van der Waals surface area contributed by atoms with Gasteiger partial charge in [-0.25, -0.2) is 0 Å². The first kappa shape index (κ1) is 16.8. The van der Waals surface area contributed by atoms with Crippen molar-refractivity contribution in [1.29, 1.82) is 0 Å². The summed E-state index contributed by atoms with van der Waals surface area (Å²) in [5.74, 6) is 0.887. The molecule has 0 radical (unpaired) electrons. The van der Waals surface area contributed by atoms with E-state index in [-0.39, 0.29) is 5.24 Å². The number of unbranched alkanes of at least 4 members (excludes halogenated alkanes) is 5. The molecule has 1 aromatic rings. The molecule has 0 saturated carbocycles. The predicted octanol–water partition coefficient (Wildman–Crippen LogP) is 5.20. The van der Waals surface area contributed by atoms with Crippen LogP contribution in [0.2, 0.25) is 0 Å². The summed E-state index contributed by atoms with van der Waals surface area (Å²) in [5.41, 5.74) is 1.20. The lowest BCUT2D eigenvalue weighted by atomic mass is 10.1. The molecule has 20 heavy (non-hydrogen) atoms. The van der Waals surface area contributed by atoms with Gasteiger partial charge in [-0.3, -0.25) is 4.79 Å². The highest BCUT2D eigenvalue weighted by Crippen LogP contribution is 2.13. The van der Waals surface area contributed by atoms with Crippen LogP contribution in [0.25, 0.3) is 6.08 Å². The maximum absolute atomic E-state index is 10.5. The lowest BCUT2D eigenvalue weighted by molar-refractivity contribution is -0.111. The van der Waals surface area contributed by atoms with Crippen LogP contribution in [-0.4, -0.2) is 12.4 Å². The van der Waals surface area contributed by atoms with Gasteiger partial charge < -0.3 is 4.74 Å². The first-order valence-corrected chi connectivity index (χ1v) is 7.59. The molecule has 0 amide bonds. The number of rotatable bonds is 10. The van der Waals surface area contributed by atoms with E-state index in [0.717, 1.165) is 25.0 Å². The molecule has 0 saturated heterocycles. The highest BCUT2D eigenvalue weighted by Gasteiger charge is 1.95. The van der Waals surface area contributed by atoms with E-state index in [2.05, 4.69) is 24.3 Å². The molecule has 0 aromatic heterocycles. The van der Waals surface area contributed by atoms with E-state index in [9.17, 15) is 4.79 Å². The standard InChI is InChI=1S/C17H23ClO2/c1-20-16-13-11-15(12-14-16)9-7-5-3-2-4-6-8-10-17(18)19/h7,9,11-14H,2-6,8,10H2,1H3. The molecule has 3 heteroatoms. The molecule has 0 aliphatic rings. The fraction of sp³-hybridized carbons (Fsp3) is 0.471. The van der Waals surface area contributed by atoms with E-state index in [4.69, 9.17) is 16.3 Å². The van der Waals surface area contributed by atoms with Gasteiger partial charge in [0.2, 0.25) is 5.24 Å². The molecule has 110 valence electrons. The molecule has 0 atom stereocenters. The van der Waals surface area contributed by atoms with Gasteiger partial charge in [-0.1, -0.05) is 43.5 Å². The number of hydrogen-bond acceptors (Lipinski definition) is 2. The molecule has 0 heterocycles. The second-order valence-corrected chi connectivity index (χ2v) is 5.26. The number of carbonyl (C=O) groups excluding carboxylic acids is 1. The first-order chi connectivity index (χ1) is 9.72. The lowest BCUT2D eigenvalue weighted by Crippen LogP contribution is -1.86. The number of ether oxygens (including phenoxy) is 1. The predicted molar refractivity (Wildman–Crippen MR) is 85.2 cm³/mol. The fourth-order valence-electron chi connectivity index (χ4n) is 1.99. The first-order valence-electron chi connectivity index (χ1n) is 7.21. The summed E-state index contributed by atoms with van der Waals surface area (Å²) < 4.78 is 5.12. The Morgan fingerprint density at radius 2 is 1.75 bits per heavy atom. The molecule has 0 aliphatic carbocycles. The van der Waals surface area contributed by atoms with Crippen molar-refractivity contribution in [3.63, 3.8) is 0 Å². The molecule has 2 nitrogen and oxygen atoms in total. The lowest BCUT2D eigenvalue weighted by Gasteiger charge is -2.00. The van der Waals surface area contributed by atoms with Crippen molar-refractivity contribution in [2.75, 3.05) is 7.11 Å². The third-order valence-corrected chi connectivity index (χ3v) is 3.36. The maximum atomic E-state index is 10.5. The van der Waals surface area contributed by atoms with Crippen molar-refractivity contribution < 1.29 is 9.53 Å². The van der Waals surface area contributed by atoms with E-state index < -0.39 is 0 Å². The molecule has 0 bridgehead atoms. The average molecular weight is 295 g/mol. The largest absolute Gasteiger partial charge is 0.497 e. The summed E-state index contributed by atoms with van der Waals surface area (Å²) in [6.07, 6.45) is 11.6. The monoisotopic (exact) mass is 294 g/mol. The molecule has 1 aromatic carbocycles. The van der Waals surface area contributed by atoms with Gasteiger partial charge in [-0.2, -0.15) is 0 Å². The molecular weight excluding hydrogens is 272 g/mol. The minimum absolute atomic E-state index is 0.215. The van der Waals surface area contributed by atoms with Gasteiger partial charge in [0.15, 0.2) is 0 Å². The summed E-state index contributed by atoms with van der Waals surface area (Å²) in [7, 11) is 1.67. The number of benzene rings is 1. The van der Waals surface area contributed by atoms with Crippen LogP contribution >= 0.6 is 11.6 Å². The van der Waals surface area contributed by atoms with Crippen LogP contribution in [0.3, 0.4) is 0 Å². The Balaban J connectivity index is 2.05. The molecule has 0 unspecified atom stereocenters. The normalized spacial score (nSPS) is 10.9. The zero-order valence-electron chi connectivity index (χ0n) is 12.1. The van der Waals surface area contributed by atoms with Crippen LogP contribution in [0.15, 0.2) is 30.3 Å². The second-order valence-electron chi connectivity index (χ2n) is 4.84. The molecule has 0 fully saturated rings. The number of hydrogen-bond donors (Lipinski definition) is 0. The Morgan fingerprint density at radius 3 is 2.40 bits per heavy atom. The zero-order valence-corrected chi connectivity index (χ0v) is 12.9. The second kappa shape index (κ2) is 10.5. The summed E-state index contributed by atoms with van der Waals surface area (Å²) in [4.78, 5) is 10.5. The summed E-state index contributed by atoms with van der Waals surface area (Å²) in [6, 6.07) is 8.05. The van der Waals surface area contributed by atoms with Crippen LogP contribution in [0, 0.1) is 0 Å². The molecular formula is C17H23ClO2. The zero-order chi connectivity index (χ0) is 14.6. The quantitative estimate of drug-likeness (QED) is 0.438. The third-order valence-electron chi connectivity index (χ3n) is 3.17. The maximum Gasteiger partial charge on any atom is 0.221 e. The van der Waals surface area contributed by atoms with E-state index in [1.807, 2.05) is 12.1 Å². The van der Waals surface area contributed by atoms with Crippen molar-refractivity contribution >= 4 is 22.9 Å². The highest BCUT2D eigenvalue weighted by atomic mass is 35.5. The van der Waals surface area contributed by atoms with Crippen molar-refractivity contribution in [2.24, 2.45) is 0 Å². The fourth-order valence-corrected chi connectivity index (χ4v) is 2.12. The SMILES string of the molecule is COc1ccc(C=CCCCCCCCC(=O)Cl)cc1. The van der Waals surface area contributed by atoms with E-state index in [1.54, 1.807) is 7.11 Å². The molecule has 0 aliphatic heterocycles. The van der Waals surface area contributed by atoms with Gasteiger partial charge in [-0.05, 0) is 48.6 Å². The van der Waals surface area contributed by atoms with Gasteiger partial charge in [0, 0.05) is 6.42 Å².